The Labute approximate surface area is 150 Å². The molecule has 2 rings (SSSR count). The van der Waals surface area contributed by atoms with Crippen LogP contribution in [-0.4, -0.2) is 31.7 Å². The maximum atomic E-state index is 8.79. The number of benzene rings is 2. The Bertz CT molecular complexity index is 686. The minimum Gasteiger partial charge on any atom is -0.493 e. The van der Waals surface area contributed by atoms with Crippen molar-refractivity contribution >= 4 is 22.1 Å². The molecule has 0 saturated heterocycles. The second-order valence-electron chi connectivity index (χ2n) is 4.97. The highest BCUT2D eigenvalue weighted by atomic mass is 79.9. The molecule has 0 unspecified atom stereocenters. The lowest BCUT2D eigenvalue weighted by molar-refractivity contribution is 0.211. The van der Waals surface area contributed by atoms with E-state index < -0.39 is 0 Å². The third-order valence-corrected chi connectivity index (χ3v) is 3.85. The van der Waals surface area contributed by atoms with E-state index >= 15 is 0 Å². The zero-order valence-corrected chi connectivity index (χ0v) is 15.2. The molecule has 0 bridgehead atoms. The fraction of sp³-hybridized carbons (Fsp3) is 0.278. The molecule has 0 radical (unpaired) electrons. The molecule has 0 spiro atoms. The molecule has 0 heterocycles. The van der Waals surface area contributed by atoms with Crippen LogP contribution in [-0.2, 0) is 6.42 Å². The molecule has 6 heteroatoms. The average molecular weight is 394 g/mol. The summed E-state index contributed by atoms with van der Waals surface area (Å²) in [7, 11) is 1.56. The first kappa shape index (κ1) is 18.1. The molecule has 0 aliphatic carbocycles. The number of ether oxygens (including phenoxy) is 3. The first-order valence-electron chi connectivity index (χ1n) is 7.57. The third kappa shape index (κ3) is 4.89. The van der Waals surface area contributed by atoms with Crippen molar-refractivity contribution in [3.63, 3.8) is 0 Å². The highest BCUT2D eigenvalue weighted by Crippen LogP contribution is 2.34. The molecular weight excluding hydrogens is 374 g/mol. The molecule has 2 aromatic rings. The summed E-state index contributed by atoms with van der Waals surface area (Å²) in [6.07, 6.45) is 2.30. The summed E-state index contributed by atoms with van der Waals surface area (Å²) >= 11 is 3.38. The van der Waals surface area contributed by atoms with Gasteiger partial charge in [-0.3, -0.25) is 0 Å². The summed E-state index contributed by atoms with van der Waals surface area (Å²) in [4.78, 5) is 0. The van der Waals surface area contributed by atoms with Crippen molar-refractivity contribution in [1.29, 1.82) is 0 Å². The Hall–Kier alpha value is -2.21. The van der Waals surface area contributed by atoms with E-state index in [2.05, 4.69) is 28.0 Å². The maximum absolute atomic E-state index is 8.79. The molecule has 0 atom stereocenters. The topological polar surface area (TPSA) is 60.3 Å². The van der Waals surface area contributed by atoms with Gasteiger partial charge in [0.15, 0.2) is 11.5 Å². The van der Waals surface area contributed by atoms with Gasteiger partial charge in [-0.05, 0) is 36.2 Å². The van der Waals surface area contributed by atoms with Crippen LogP contribution in [0.5, 0.6) is 17.2 Å². The Kier molecular flexibility index (Phi) is 6.93. The molecule has 24 heavy (non-hydrogen) atoms. The van der Waals surface area contributed by atoms with E-state index in [1.807, 2.05) is 24.3 Å². The number of hydrogen-bond acceptors (Lipinski definition) is 5. The standard InChI is InChI=1S/C18H20BrNO4/c1-3-13-4-6-16(7-5-13)23-8-9-24-18-14(12-20-21)10-15(19)11-17(18)22-2/h4-7,10-12,21H,3,8-9H2,1-2H3. The van der Waals surface area contributed by atoms with E-state index in [1.54, 1.807) is 19.2 Å². The molecule has 0 saturated carbocycles. The SMILES string of the molecule is CCc1ccc(OCCOc2c(C=NO)cc(Br)cc2OC)cc1. The fourth-order valence-electron chi connectivity index (χ4n) is 2.18. The van der Waals surface area contributed by atoms with Crippen LogP contribution >= 0.6 is 15.9 Å². The van der Waals surface area contributed by atoms with E-state index in [9.17, 15) is 0 Å². The van der Waals surface area contributed by atoms with Crippen LogP contribution in [0.25, 0.3) is 0 Å². The second-order valence-corrected chi connectivity index (χ2v) is 5.88. The van der Waals surface area contributed by atoms with E-state index in [0.717, 1.165) is 16.6 Å². The van der Waals surface area contributed by atoms with E-state index in [4.69, 9.17) is 19.4 Å². The molecule has 0 aliphatic heterocycles. The van der Waals surface area contributed by atoms with Crippen molar-refractivity contribution in [3.05, 3.63) is 52.0 Å². The lowest BCUT2D eigenvalue weighted by atomic mass is 10.2. The number of halogens is 1. The number of hydrogen-bond donors (Lipinski definition) is 1. The zero-order valence-electron chi connectivity index (χ0n) is 13.7. The van der Waals surface area contributed by atoms with Gasteiger partial charge in [0.1, 0.15) is 19.0 Å². The quantitative estimate of drug-likeness (QED) is 0.314. The van der Waals surface area contributed by atoms with Gasteiger partial charge in [0.2, 0.25) is 0 Å². The third-order valence-electron chi connectivity index (χ3n) is 3.40. The minimum atomic E-state index is 0.333. The highest BCUT2D eigenvalue weighted by molar-refractivity contribution is 9.10. The predicted molar refractivity (Wildman–Crippen MR) is 96.9 cm³/mol. The van der Waals surface area contributed by atoms with Crippen LogP contribution in [0.3, 0.4) is 0 Å². The summed E-state index contributed by atoms with van der Waals surface area (Å²) in [6, 6.07) is 11.6. The fourth-order valence-corrected chi connectivity index (χ4v) is 2.63. The molecular formula is C18H20BrNO4. The first-order chi connectivity index (χ1) is 11.7. The van der Waals surface area contributed by atoms with Crippen molar-refractivity contribution < 1.29 is 19.4 Å². The number of aryl methyl sites for hydroxylation is 1. The second kappa shape index (κ2) is 9.17. The van der Waals surface area contributed by atoms with Crippen LogP contribution in [0.1, 0.15) is 18.1 Å². The molecule has 0 amide bonds. The largest absolute Gasteiger partial charge is 0.493 e. The number of methoxy groups -OCH3 is 1. The Morgan fingerprint density at radius 2 is 1.83 bits per heavy atom. The molecule has 2 aromatic carbocycles. The normalized spacial score (nSPS) is 10.8. The van der Waals surface area contributed by atoms with Crippen molar-refractivity contribution in [1.82, 2.24) is 0 Å². The van der Waals surface area contributed by atoms with E-state index in [1.165, 1.54) is 11.8 Å². The van der Waals surface area contributed by atoms with Gasteiger partial charge < -0.3 is 19.4 Å². The summed E-state index contributed by atoms with van der Waals surface area (Å²) in [6.45, 7) is 2.84. The van der Waals surface area contributed by atoms with Crippen LogP contribution in [0.4, 0.5) is 0 Å². The van der Waals surface area contributed by atoms with Crippen LogP contribution in [0.15, 0.2) is 46.0 Å². The summed E-state index contributed by atoms with van der Waals surface area (Å²) in [5.74, 6) is 1.85. The molecule has 0 aliphatic rings. The predicted octanol–water partition coefficient (Wildman–Crippen LogP) is 4.29. The first-order valence-corrected chi connectivity index (χ1v) is 8.36. The van der Waals surface area contributed by atoms with Gasteiger partial charge in [-0.15, -0.1) is 0 Å². The van der Waals surface area contributed by atoms with Gasteiger partial charge in [0.25, 0.3) is 0 Å². The van der Waals surface area contributed by atoms with Crippen LogP contribution in [0.2, 0.25) is 0 Å². The van der Waals surface area contributed by atoms with Crippen molar-refractivity contribution in [2.24, 2.45) is 5.16 Å². The lowest BCUT2D eigenvalue weighted by Crippen LogP contribution is -2.11. The highest BCUT2D eigenvalue weighted by Gasteiger charge is 2.12. The number of rotatable bonds is 8. The lowest BCUT2D eigenvalue weighted by Gasteiger charge is -2.14. The van der Waals surface area contributed by atoms with Crippen molar-refractivity contribution in [3.8, 4) is 17.2 Å². The maximum Gasteiger partial charge on any atom is 0.170 e. The number of nitrogens with zero attached hydrogens (tertiary/aromatic N) is 1. The van der Waals surface area contributed by atoms with Crippen LogP contribution < -0.4 is 14.2 Å². The van der Waals surface area contributed by atoms with Crippen molar-refractivity contribution in [2.45, 2.75) is 13.3 Å². The molecule has 5 nitrogen and oxygen atoms in total. The Balaban J connectivity index is 1.98. The summed E-state index contributed by atoms with van der Waals surface area (Å²) < 4.78 is 17.5. The van der Waals surface area contributed by atoms with Gasteiger partial charge in [-0.2, -0.15) is 0 Å². The summed E-state index contributed by atoms with van der Waals surface area (Å²) in [5, 5.41) is 11.9. The van der Waals surface area contributed by atoms with Crippen LogP contribution in [0, 0.1) is 0 Å². The smallest absolute Gasteiger partial charge is 0.170 e. The monoisotopic (exact) mass is 393 g/mol. The van der Waals surface area contributed by atoms with Gasteiger partial charge in [0.05, 0.1) is 13.3 Å². The molecule has 128 valence electrons. The number of oxime groups is 1. The zero-order chi connectivity index (χ0) is 17.4. The minimum absolute atomic E-state index is 0.333. The molecule has 0 aromatic heterocycles. The van der Waals surface area contributed by atoms with E-state index in [0.29, 0.717) is 30.3 Å². The molecule has 0 fully saturated rings. The Morgan fingerprint density at radius 1 is 1.12 bits per heavy atom. The van der Waals surface area contributed by atoms with E-state index in [-0.39, 0.29) is 0 Å². The van der Waals surface area contributed by atoms with Gasteiger partial charge in [-0.1, -0.05) is 40.1 Å². The average Bonchev–Trinajstić information content (AvgIpc) is 2.60. The van der Waals surface area contributed by atoms with Crippen molar-refractivity contribution in [2.75, 3.05) is 20.3 Å². The molecule has 1 N–H and O–H groups in total. The van der Waals surface area contributed by atoms with Gasteiger partial charge >= 0.3 is 0 Å². The van der Waals surface area contributed by atoms with Gasteiger partial charge in [0, 0.05) is 10.0 Å². The Morgan fingerprint density at radius 3 is 2.46 bits per heavy atom. The summed E-state index contributed by atoms with van der Waals surface area (Å²) in [5.41, 5.74) is 1.88. The van der Waals surface area contributed by atoms with Gasteiger partial charge in [-0.25, -0.2) is 0 Å².